The number of carbonyl (C=O) groups excluding carboxylic acids is 3. The highest BCUT2D eigenvalue weighted by molar-refractivity contribution is 5.83. The number of carbonyl (C=O) groups is 3. The van der Waals surface area contributed by atoms with E-state index in [1.807, 2.05) is 0 Å². The van der Waals surface area contributed by atoms with E-state index in [4.69, 9.17) is 0 Å². The van der Waals surface area contributed by atoms with E-state index < -0.39 is 0 Å². The molecule has 0 amide bonds. The number of aliphatic hydroxyl groups is 3. The Morgan fingerprint density at radius 1 is 0.340 bits per heavy atom. The number of aliphatic hydroxyl groups excluding tert-OH is 3. The fourth-order valence-corrected chi connectivity index (χ4v) is 15.1. The largest absolute Gasteiger partial charge is 0.393 e. The molecule has 100 heavy (non-hydrogen) atoms. The van der Waals surface area contributed by atoms with Crippen LogP contribution in [0.2, 0.25) is 0 Å². The SMILES string of the molecule is CC(C)=CCC/C(C)=C/CC1CCCC1=O.CC(C)=CCC/C(C)=C/CC1CCCC1O.CC/C(C)=C/CC/C(C)=C/CC1CCCC1=O.CC/C(C)=C/CC/C(C)=C/CC1CCCC1O.CCC(C)CCCC(C)CCC1CCCC1=O.CCC(C)CCCC(C)CCC1CCCC1O. The Bertz CT molecular complexity index is 2400. The number of hydrogen-bond acceptors (Lipinski definition) is 6. The molecule has 0 spiro atoms. The minimum absolute atomic E-state index is 0.0160. The van der Waals surface area contributed by atoms with Gasteiger partial charge in [-0.05, 0) is 290 Å². The van der Waals surface area contributed by atoms with Crippen LogP contribution in [0.3, 0.4) is 0 Å². The van der Waals surface area contributed by atoms with Gasteiger partial charge in [-0.15, -0.1) is 0 Å². The van der Waals surface area contributed by atoms with Crippen molar-refractivity contribution < 1.29 is 29.7 Å². The maximum atomic E-state index is 11.5. The van der Waals surface area contributed by atoms with E-state index in [-0.39, 0.29) is 18.3 Å². The Labute approximate surface area is 621 Å². The van der Waals surface area contributed by atoms with E-state index in [9.17, 15) is 29.7 Å². The minimum Gasteiger partial charge on any atom is -0.393 e. The maximum absolute atomic E-state index is 11.5. The molecule has 13 atom stereocenters. The van der Waals surface area contributed by atoms with Gasteiger partial charge in [-0.25, -0.2) is 0 Å². The van der Waals surface area contributed by atoms with E-state index >= 15 is 0 Å². The van der Waals surface area contributed by atoms with Crippen LogP contribution in [0, 0.1) is 59.2 Å². The second-order valence-corrected chi connectivity index (χ2v) is 33.9. The van der Waals surface area contributed by atoms with E-state index in [0.717, 1.165) is 184 Å². The molecule has 0 aromatic rings. The van der Waals surface area contributed by atoms with Gasteiger partial charge < -0.3 is 15.3 Å². The first-order chi connectivity index (χ1) is 47.7. The zero-order chi connectivity index (χ0) is 74.6. The molecular weight excluding hydrogens is 1230 g/mol. The van der Waals surface area contributed by atoms with Gasteiger partial charge in [0.15, 0.2) is 0 Å². The molecule has 6 aliphatic carbocycles. The van der Waals surface area contributed by atoms with Crippen molar-refractivity contribution in [1.29, 1.82) is 0 Å². The lowest BCUT2D eigenvalue weighted by atomic mass is 9.90. The number of rotatable bonds is 38. The summed E-state index contributed by atoms with van der Waals surface area (Å²) in [7, 11) is 0. The summed E-state index contributed by atoms with van der Waals surface area (Å²) < 4.78 is 0. The van der Waals surface area contributed by atoms with Gasteiger partial charge in [0.25, 0.3) is 0 Å². The smallest absolute Gasteiger partial charge is 0.136 e. The molecule has 6 heteroatoms. The molecule has 0 aliphatic heterocycles. The van der Waals surface area contributed by atoms with Crippen LogP contribution < -0.4 is 0 Å². The molecule has 6 fully saturated rings. The topological polar surface area (TPSA) is 112 Å². The Kier molecular flexibility index (Phi) is 56.0. The van der Waals surface area contributed by atoms with Crippen molar-refractivity contribution in [2.75, 3.05) is 0 Å². The van der Waals surface area contributed by atoms with Gasteiger partial charge in [-0.1, -0.05) is 232 Å². The third kappa shape index (κ3) is 48.8. The Hall–Kier alpha value is -3.19. The average molecular weight is 1390 g/mol. The first-order valence-corrected chi connectivity index (χ1v) is 42.5. The quantitative estimate of drug-likeness (QED) is 0.0531. The molecular formula is C94H166O6. The average Bonchev–Trinajstić information content (AvgIpc) is 1.89. The second-order valence-electron chi connectivity index (χ2n) is 33.9. The van der Waals surface area contributed by atoms with Gasteiger partial charge in [0, 0.05) is 37.0 Å². The molecule has 0 saturated heterocycles. The molecule has 0 aromatic heterocycles. The van der Waals surface area contributed by atoms with Crippen molar-refractivity contribution in [2.24, 2.45) is 59.2 Å². The van der Waals surface area contributed by atoms with Crippen molar-refractivity contribution in [3.05, 3.63) is 93.2 Å². The monoisotopic (exact) mass is 1390 g/mol. The minimum atomic E-state index is -0.0405. The van der Waals surface area contributed by atoms with Gasteiger partial charge >= 0.3 is 0 Å². The summed E-state index contributed by atoms with van der Waals surface area (Å²) in [5.41, 5.74) is 11.6. The van der Waals surface area contributed by atoms with Crippen molar-refractivity contribution in [3.63, 3.8) is 0 Å². The van der Waals surface area contributed by atoms with E-state index in [1.165, 1.54) is 167 Å². The highest BCUT2D eigenvalue weighted by Gasteiger charge is 2.28. The molecule has 6 nitrogen and oxygen atoms in total. The summed E-state index contributed by atoms with van der Waals surface area (Å²) in [5.74, 6) is 7.71. The fourth-order valence-electron chi connectivity index (χ4n) is 15.1. The zero-order valence-corrected chi connectivity index (χ0v) is 69.3. The maximum Gasteiger partial charge on any atom is 0.136 e. The number of ketones is 3. The summed E-state index contributed by atoms with van der Waals surface area (Å²) in [6.45, 7) is 40.2. The molecule has 0 radical (unpaired) electrons. The third-order valence-corrected chi connectivity index (χ3v) is 23.8. The normalized spacial score (nSPS) is 24.7. The summed E-state index contributed by atoms with van der Waals surface area (Å²) in [6.07, 6.45) is 69.5. The molecule has 13 unspecified atom stereocenters. The lowest BCUT2D eigenvalue weighted by Gasteiger charge is -2.18. The second kappa shape index (κ2) is 59.0. The highest BCUT2D eigenvalue weighted by Crippen LogP contribution is 2.34. The number of allylic oxidation sites excluding steroid dienone is 16. The highest BCUT2D eigenvalue weighted by atomic mass is 16.3. The molecule has 0 heterocycles. The van der Waals surface area contributed by atoms with Crippen LogP contribution in [-0.2, 0) is 14.4 Å². The van der Waals surface area contributed by atoms with E-state index in [2.05, 4.69) is 173 Å². The Morgan fingerprint density at radius 3 is 0.950 bits per heavy atom. The molecule has 6 rings (SSSR count). The van der Waals surface area contributed by atoms with Crippen LogP contribution in [0.25, 0.3) is 0 Å². The summed E-state index contributed by atoms with van der Waals surface area (Å²) in [4.78, 5) is 34.5. The molecule has 6 saturated carbocycles. The van der Waals surface area contributed by atoms with Crippen molar-refractivity contribution in [1.82, 2.24) is 0 Å². The van der Waals surface area contributed by atoms with Gasteiger partial charge in [-0.3, -0.25) is 14.4 Å². The van der Waals surface area contributed by atoms with Crippen LogP contribution in [0.1, 0.15) is 407 Å². The standard InChI is InChI=1S/C16H32O.C16H30O.C16H28O.C16H26O.C15H26O.C15H24O/c4*1-4-13(2)7-5-8-14(3)11-12-15-9-6-10-16(15)17;2*1-12(2)6-4-7-13(3)10-11-14-8-5-9-15(14)16/h13-17H,4-12H2,1-3H3;13-15H,4-12H2,1-3H3;7,11,15-17H,4-6,8-10,12H2,1-3H3;7,11,15H,4-6,8-10,12H2,1-3H3;6,10,14-16H,4-5,7-9,11H2,1-3H3;6,10,14H,4-5,7-9,11H2,1-3H3/b;;2*13-7+,14-11+;2*13-10+. The number of hydrogen-bond donors (Lipinski definition) is 3. The summed E-state index contributed by atoms with van der Waals surface area (Å²) in [5, 5.41) is 29.2. The lowest BCUT2D eigenvalue weighted by molar-refractivity contribution is -0.121. The zero-order valence-electron chi connectivity index (χ0n) is 69.3. The van der Waals surface area contributed by atoms with Crippen molar-refractivity contribution in [3.8, 4) is 0 Å². The van der Waals surface area contributed by atoms with Gasteiger partial charge in [-0.2, -0.15) is 0 Å². The Morgan fingerprint density at radius 2 is 0.650 bits per heavy atom. The summed E-state index contributed by atoms with van der Waals surface area (Å²) >= 11 is 0. The van der Waals surface area contributed by atoms with Crippen LogP contribution in [0.15, 0.2) is 93.2 Å². The molecule has 0 aromatic carbocycles. The molecule has 0 bridgehead atoms. The van der Waals surface area contributed by atoms with Gasteiger partial charge in [0.1, 0.15) is 17.3 Å². The predicted molar refractivity (Wildman–Crippen MR) is 438 cm³/mol. The van der Waals surface area contributed by atoms with Gasteiger partial charge in [0.05, 0.1) is 18.3 Å². The van der Waals surface area contributed by atoms with Crippen LogP contribution in [0.5, 0.6) is 0 Å². The van der Waals surface area contributed by atoms with Crippen molar-refractivity contribution >= 4 is 17.3 Å². The first-order valence-electron chi connectivity index (χ1n) is 42.5. The van der Waals surface area contributed by atoms with E-state index in [1.54, 1.807) is 0 Å². The van der Waals surface area contributed by atoms with Crippen LogP contribution >= 0.6 is 0 Å². The third-order valence-electron chi connectivity index (χ3n) is 23.8. The molecule has 6 aliphatic rings. The van der Waals surface area contributed by atoms with Crippen molar-refractivity contribution in [2.45, 2.75) is 425 Å². The van der Waals surface area contributed by atoms with Crippen LogP contribution in [-0.4, -0.2) is 51.0 Å². The van der Waals surface area contributed by atoms with Crippen LogP contribution in [0.4, 0.5) is 0 Å². The predicted octanol–water partition coefficient (Wildman–Crippen LogP) is 27.9. The lowest BCUT2D eigenvalue weighted by Crippen LogP contribution is -2.14. The van der Waals surface area contributed by atoms with Gasteiger partial charge in [0.2, 0.25) is 0 Å². The first kappa shape index (κ1) is 94.8. The Balaban J connectivity index is 0.000000600. The number of Topliss-reactive ketones (excluding diaryl/α,β-unsaturated/α-hetero) is 3. The summed E-state index contributed by atoms with van der Waals surface area (Å²) in [6, 6.07) is 0. The molecule has 3 N–H and O–H groups in total. The van der Waals surface area contributed by atoms with E-state index in [0.29, 0.717) is 52.9 Å². The molecule has 578 valence electrons. The fraction of sp³-hybridized carbons (Fsp3) is 0.798.